The summed E-state index contributed by atoms with van der Waals surface area (Å²) in [5.41, 5.74) is 5.44. The van der Waals surface area contributed by atoms with Gasteiger partial charge in [0.2, 0.25) is 5.91 Å². The van der Waals surface area contributed by atoms with Gasteiger partial charge in [-0.3, -0.25) is 4.79 Å². The highest BCUT2D eigenvalue weighted by molar-refractivity contribution is 6.35. The first kappa shape index (κ1) is 17.0. The maximum Gasteiger partial charge on any atom is 0.222 e. The number of rotatable bonds is 8. The molecule has 1 atom stereocenters. The van der Waals surface area contributed by atoms with Gasteiger partial charge in [0.1, 0.15) is 5.82 Å². The molecule has 6 nitrogen and oxygen atoms in total. The van der Waals surface area contributed by atoms with E-state index in [4.69, 9.17) is 33.7 Å². The van der Waals surface area contributed by atoms with Crippen molar-refractivity contribution in [1.82, 2.24) is 10.3 Å². The number of aromatic nitrogens is 1. The van der Waals surface area contributed by atoms with Gasteiger partial charge in [-0.2, -0.15) is 0 Å². The van der Waals surface area contributed by atoms with Crippen LogP contribution in [0.2, 0.25) is 10.0 Å². The summed E-state index contributed by atoms with van der Waals surface area (Å²) in [4.78, 5) is 15.6. The Hall–Kier alpha value is -1.08. The Labute approximate surface area is 128 Å². The Kier molecular flexibility index (Phi) is 7.61. The number of nitrogens with two attached hydrogens (primary N) is 1. The lowest BCUT2D eigenvalue weighted by molar-refractivity contribution is -0.123. The van der Waals surface area contributed by atoms with E-state index < -0.39 is 0 Å². The van der Waals surface area contributed by atoms with Crippen molar-refractivity contribution in [2.24, 2.45) is 5.73 Å². The van der Waals surface area contributed by atoms with Gasteiger partial charge in [-0.1, -0.05) is 23.2 Å². The van der Waals surface area contributed by atoms with Crippen molar-refractivity contribution in [1.29, 1.82) is 0 Å². The summed E-state index contributed by atoms with van der Waals surface area (Å²) >= 11 is 11.7. The van der Waals surface area contributed by atoms with Gasteiger partial charge in [-0.25, -0.2) is 4.98 Å². The molecule has 4 N–H and O–H groups in total. The molecule has 0 spiro atoms. The summed E-state index contributed by atoms with van der Waals surface area (Å²) < 4.78 is 5.03. The second kappa shape index (κ2) is 8.97. The quantitative estimate of drug-likeness (QED) is 0.628. The summed E-state index contributed by atoms with van der Waals surface area (Å²) in [6, 6.07) is 1.60. The number of hydrogen-bond donors (Lipinski definition) is 3. The molecule has 1 aromatic heterocycles. The van der Waals surface area contributed by atoms with Crippen LogP contribution in [0.5, 0.6) is 0 Å². The zero-order chi connectivity index (χ0) is 15.0. The summed E-state index contributed by atoms with van der Waals surface area (Å²) in [7, 11) is 1.53. The van der Waals surface area contributed by atoms with E-state index in [0.717, 1.165) is 0 Å². The average molecular weight is 321 g/mol. The molecular formula is C12H18Cl2N4O2. The second-order valence-corrected chi connectivity index (χ2v) is 4.90. The van der Waals surface area contributed by atoms with E-state index in [1.165, 1.54) is 13.3 Å². The molecule has 0 aliphatic carbocycles. The Morgan fingerprint density at radius 2 is 2.25 bits per heavy atom. The Balaban J connectivity index is 2.26. The van der Waals surface area contributed by atoms with Gasteiger partial charge in [-0.15, -0.1) is 0 Å². The van der Waals surface area contributed by atoms with Crippen molar-refractivity contribution < 1.29 is 9.53 Å². The van der Waals surface area contributed by atoms with Gasteiger partial charge in [0.15, 0.2) is 0 Å². The number of ether oxygens (including phenoxy) is 1. The molecule has 1 rings (SSSR count). The minimum atomic E-state index is -0.254. The highest BCUT2D eigenvalue weighted by Crippen LogP contribution is 2.21. The van der Waals surface area contributed by atoms with E-state index in [9.17, 15) is 4.79 Å². The summed E-state index contributed by atoms with van der Waals surface area (Å²) in [6.45, 7) is 1.26. The fraction of sp³-hybridized carbons (Fsp3) is 0.500. The van der Waals surface area contributed by atoms with E-state index >= 15 is 0 Å². The third kappa shape index (κ3) is 5.92. The minimum absolute atomic E-state index is 0.112. The van der Waals surface area contributed by atoms with E-state index in [-0.39, 0.29) is 18.4 Å². The summed E-state index contributed by atoms with van der Waals surface area (Å²) in [6.07, 6.45) is 1.49. The van der Waals surface area contributed by atoms with Crippen LogP contribution in [-0.4, -0.2) is 43.7 Å². The largest absolute Gasteiger partial charge is 0.380 e. The first-order valence-corrected chi connectivity index (χ1v) is 6.87. The van der Waals surface area contributed by atoms with Crippen LogP contribution in [0.15, 0.2) is 12.3 Å². The molecule has 0 saturated heterocycles. The molecule has 1 unspecified atom stereocenters. The average Bonchev–Trinajstić information content (AvgIpc) is 2.42. The molecule has 0 aliphatic rings. The molecule has 20 heavy (non-hydrogen) atoms. The molecule has 0 bridgehead atoms. The maximum absolute atomic E-state index is 11.6. The lowest BCUT2D eigenvalue weighted by Crippen LogP contribution is -2.34. The summed E-state index contributed by atoms with van der Waals surface area (Å²) in [5.74, 6) is 0.418. The lowest BCUT2D eigenvalue weighted by atomic mass is 10.2. The molecule has 112 valence electrons. The van der Waals surface area contributed by atoms with Crippen molar-refractivity contribution in [2.45, 2.75) is 12.5 Å². The van der Waals surface area contributed by atoms with Crippen molar-refractivity contribution >= 4 is 34.9 Å². The molecule has 0 aromatic carbocycles. The second-order valence-electron chi connectivity index (χ2n) is 4.06. The number of carbonyl (C=O) groups excluding carboxylic acids is 1. The number of amides is 1. The third-order valence-electron chi connectivity index (χ3n) is 2.56. The Morgan fingerprint density at radius 1 is 1.50 bits per heavy atom. The maximum atomic E-state index is 11.6. The van der Waals surface area contributed by atoms with Gasteiger partial charge < -0.3 is 21.1 Å². The molecule has 1 heterocycles. The normalized spacial score (nSPS) is 12.0. The van der Waals surface area contributed by atoms with Crippen LogP contribution in [-0.2, 0) is 9.53 Å². The smallest absolute Gasteiger partial charge is 0.222 e. The number of hydrogen-bond acceptors (Lipinski definition) is 5. The standard InChI is InChI=1S/C12H18Cl2N4O2/c1-20-9(6-15)5-11(19)16-2-3-17-12-10(14)4-8(13)7-18-12/h4,7,9H,2-3,5-6,15H2,1H3,(H,16,19)(H,17,18). The highest BCUT2D eigenvalue weighted by atomic mass is 35.5. The van der Waals surface area contributed by atoms with Crippen LogP contribution >= 0.6 is 23.2 Å². The molecule has 0 saturated carbocycles. The number of carbonyl (C=O) groups is 1. The Bertz CT molecular complexity index is 441. The number of nitrogens with one attached hydrogen (secondary N) is 2. The number of pyridine rings is 1. The Morgan fingerprint density at radius 3 is 2.85 bits per heavy atom. The lowest BCUT2D eigenvalue weighted by Gasteiger charge is -2.13. The fourth-order valence-electron chi connectivity index (χ4n) is 1.47. The number of anilines is 1. The molecule has 1 amide bonds. The van der Waals surface area contributed by atoms with Crippen LogP contribution in [0.3, 0.4) is 0 Å². The van der Waals surface area contributed by atoms with Gasteiger partial charge in [0, 0.05) is 32.9 Å². The van der Waals surface area contributed by atoms with E-state index in [0.29, 0.717) is 35.5 Å². The molecule has 0 aliphatic heterocycles. The molecular weight excluding hydrogens is 303 g/mol. The van der Waals surface area contributed by atoms with Gasteiger partial charge in [-0.05, 0) is 6.07 Å². The van der Waals surface area contributed by atoms with Crippen molar-refractivity contribution in [2.75, 3.05) is 32.1 Å². The van der Waals surface area contributed by atoms with Crippen molar-refractivity contribution in [3.8, 4) is 0 Å². The first-order valence-electron chi connectivity index (χ1n) is 6.11. The zero-order valence-corrected chi connectivity index (χ0v) is 12.7. The van der Waals surface area contributed by atoms with Crippen LogP contribution in [0, 0.1) is 0 Å². The van der Waals surface area contributed by atoms with Crippen molar-refractivity contribution in [3.63, 3.8) is 0 Å². The van der Waals surface area contributed by atoms with Crippen LogP contribution in [0.1, 0.15) is 6.42 Å². The SMILES string of the molecule is COC(CN)CC(=O)NCCNc1ncc(Cl)cc1Cl. The van der Waals surface area contributed by atoms with Gasteiger partial charge in [0.25, 0.3) is 0 Å². The molecule has 0 radical (unpaired) electrons. The highest BCUT2D eigenvalue weighted by Gasteiger charge is 2.10. The first-order chi connectivity index (χ1) is 9.56. The third-order valence-corrected chi connectivity index (χ3v) is 3.05. The molecule has 0 fully saturated rings. The number of nitrogens with zero attached hydrogens (tertiary/aromatic N) is 1. The minimum Gasteiger partial charge on any atom is -0.380 e. The molecule has 1 aromatic rings. The molecule has 8 heteroatoms. The zero-order valence-electron chi connectivity index (χ0n) is 11.2. The van der Waals surface area contributed by atoms with Crippen LogP contribution in [0.25, 0.3) is 0 Å². The predicted molar refractivity (Wildman–Crippen MR) is 80.2 cm³/mol. The van der Waals surface area contributed by atoms with Crippen LogP contribution < -0.4 is 16.4 Å². The predicted octanol–water partition coefficient (Wildman–Crippen LogP) is 1.28. The van der Waals surface area contributed by atoms with Gasteiger partial charge >= 0.3 is 0 Å². The number of methoxy groups -OCH3 is 1. The fourth-order valence-corrected chi connectivity index (χ4v) is 1.92. The topological polar surface area (TPSA) is 89.3 Å². The van der Waals surface area contributed by atoms with E-state index in [2.05, 4.69) is 15.6 Å². The van der Waals surface area contributed by atoms with Gasteiger partial charge in [0.05, 0.1) is 22.6 Å². The summed E-state index contributed by atoms with van der Waals surface area (Å²) in [5, 5.41) is 6.66. The monoisotopic (exact) mass is 320 g/mol. The number of halogens is 2. The van der Waals surface area contributed by atoms with E-state index in [1.54, 1.807) is 6.07 Å². The van der Waals surface area contributed by atoms with Crippen molar-refractivity contribution in [3.05, 3.63) is 22.3 Å². The van der Waals surface area contributed by atoms with E-state index in [1.807, 2.05) is 0 Å². The van der Waals surface area contributed by atoms with Crippen LogP contribution in [0.4, 0.5) is 5.82 Å².